The highest BCUT2D eigenvalue weighted by atomic mass is 16.5. The number of ether oxygens (including phenoxy) is 1. The van der Waals surface area contributed by atoms with Crippen molar-refractivity contribution in [3.63, 3.8) is 0 Å². The van der Waals surface area contributed by atoms with Gasteiger partial charge in [-0.1, -0.05) is 32.1 Å². The van der Waals surface area contributed by atoms with Crippen molar-refractivity contribution in [2.45, 2.75) is 96.9 Å². The SMILES string of the molecule is Cc1nn(C)c(C)c1CNC(=O)c1cn(C[C@H]2CCCO2)cc(C(=O)NC2CCCCCCC2)c1=O. The van der Waals surface area contributed by atoms with E-state index in [4.69, 9.17) is 4.74 Å². The van der Waals surface area contributed by atoms with E-state index in [-0.39, 0.29) is 29.8 Å². The fraction of sp³-hybridized carbons (Fsp3) is 0.630. The van der Waals surface area contributed by atoms with Crippen molar-refractivity contribution in [2.24, 2.45) is 7.05 Å². The van der Waals surface area contributed by atoms with Crippen LogP contribution in [0.1, 0.15) is 95.5 Å². The molecule has 1 aliphatic heterocycles. The normalized spacial score (nSPS) is 19.0. The molecule has 2 fully saturated rings. The fourth-order valence-electron chi connectivity index (χ4n) is 5.28. The highest BCUT2D eigenvalue weighted by molar-refractivity contribution is 5.99. The Hall–Kier alpha value is -2.94. The van der Waals surface area contributed by atoms with Crippen LogP contribution in [0.15, 0.2) is 17.2 Å². The van der Waals surface area contributed by atoms with Gasteiger partial charge in [-0.3, -0.25) is 19.1 Å². The monoisotopic (exact) mass is 497 g/mol. The van der Waals surface area contributed by atoms with Crippen LogP contribution in [0.25, 0.3) is 0 Å². The number of nitrogens with one attached hydrogen (secondary N) is 2. The lowest BCUT2D eigenvalue weighted by molar-refractivity contribution is 0.0914. The van der Waals surface area contributed by atoms with Gasteiger partial charge in [0.1, 0.15) is 11.1 Å². The van der Waals surface area contributed by atoms with E-state index < -0.39 is 17.2 Å². The third-order valence-corrected chi connectivity index (χ3v) is 7.53. The number of hydrogen-bond acceptors (Lipinski definition) is 5. The molecule has 9 heteroatoms. The van der Waals surface area contributed by atoms with Crippen LogP contribution in [0.4, 0.5) is 0 Å². The Morgan fingerprint density at radius 3 is 2.28 bits per heavy atom. The van der Waals surface area contributed by atoms with Gasteiger partial charge in [0.2, 0.25) is 5.43 Å². The third-order valence-electron chi connectivity index (χ3n) is 7.53. The molecule has 1 aliphatic carbocycles. The Kier molecular flexibility index (Phi) is 8.61. The second kappa shape index (κ2) is 11.9. The fourth-order valence-corrected chi connectivity index (χ4v) is 5.28. The van der Waals surface area contributed by atoms with Gasteiger partial charge in [0.05, 0.1) is 11.8 Å². The largest absolute Gasteiger partial charge is 0.376 e. The van der Waals surface area contributed by atoms with Gasteiger partial charge in [0.25, 0.3) is 11.8 Å². The summed E-state index contributed by atoms with van der Waals surface area (Å²) in [5, 5.41) is 10.3. The van der Waals surface area contributed by atoms with Crippen molar-refractivity contribution < 1.29 is 14.3 Å². The van der Waals surface area contributed by atoms with Crippen molar-refractivity contribution >= 4 is 11.8 Å². The molecule has 2 N–H and O–H groups in total. The van der Waals surface area contributed by atoms with Gasteiger partial charge in [-0.2, -0.15) is 5.10 Å². The van der Waals surface area contributed by atoms with Crippen molar-refractivity contribution in [1.82, 2.24) is 25.0 Å². The summed E-state index contributed by atoms with van der Waals surface area (Å²) in [4.78, 5) is 39.8. The van der Waals surface area contributed by atoms with E-state index in [0.717, 1.165) is 55.5 Å². The molecule has 0 unspecified atom stereocenters. The van der Waals surface area contributed by atoms with Crippen molar-refractivity contribution in [3.8, 4) is 0 Å². The van der Waals surface area contributed by atoms with Gasteiger partial charge in [-0.05, 0) is 39.5 Å². The minimum atomic E-state index is -0.543. The van der Waals surface area contributed by atoms with E-state index in [1.54, 1.807) is 21.6 Å². The smallest absolute Gasteiger partial charge is 0.257 e. The van der Waals surface area contributed by atoms with E-state index in [0.29, 0.717) is 13.2 Å². The molecule has 0 bridgehead atoms. The first-order valence-electron chi connectivity index (χ1n) is 13.3. The first-order valence-corrected chi connectivity index (χ1v) is 13.3. The molecule has 9 nitrogen and oxygen atoms in total. The van der Waals surface area contributed by atoms with Gasteiger partial charge in [-0.15, -0.1) is 0 Å². The van der Waals surface area contributed by atoms with Crippen LogP contribution in [0.2, 0.25) is 0 Å². The van der Waals surface area contributed by atoms with Crippen LogP contribution in [-0.4, -0.2) is 44.9 Å². The van der Waals surface area contributed by atoms with Crippen LogP contribution in [0.3, 0.4) is 0 Å². The van der Waals surface area contributed by atoms with Gasteiger partial charge in [-0.25, -0.2) is 0 Å². The van der Waals surface area contributed by atoms with Crippen LogP contribution < -0.4 is 16.1 Å². The summed E-state index contributed by atoms with van der Waals surface area (Å²) >= 11 is 0. The average Bonchev–Trinajstić information content (AvgIpc) is 3.42. The quantitative estimate of drug-likeness (QED) is 0.611. The molecule has 1 saturated carbocycles. The molecule has 0 radical (unpaired) electrons. The average molecular weight is 498 g/mol. The van der Waals surface area contributed by atoms with Crippen molar-refractivity contribution in [3.05, 3.63) is 50.7 Å². The molecule has 0 spiro atoms. The minimum absolute atomic E-state index is 0.00521. The molecule has 0 aromatic carbocycles. The second-order valence-corrected chi connectivity index (χ2v) is 10.2. The standard InChI is InChI=1S/C27H39N5O4/c1-18-22(19(2)31(3)30-18)14-28-26(34)23-16-32(15-21-12-9-13-36-21)17-24(25(23)33)27(35)29-20-10-7-5-4-6-8-11-20/h16-17,20-21H,4-15H2,1-3H3,(H,28,34)(H,29,35)/t21-/m1/s1. The summed E-state index contributed by atoms with van der Waals surface area (Å²) in [5.74, 6) is -0.899. The number of hydrogen-bond donors (Lipinski definition) is 2. The van der Waals surface area contributed by atoms with Gasteiger partial charge in [0.15, 0.2) is 0 Å². The Bertz CT molecular complexity index is 1140. The lowest BCUT2D eigenvalue weighted by atomic mass is 9.96. The maximum absolute atomic E-state index is 13.4. The van der Waals surface area contributed by atoms with Crippen molar-refractivity contribution in [1.29, 1.82) is 0 Å². The van der Waals surface area contributed by atoms with Gasteiger partial charge >= 0.3 is 0 Å². The highest BCUT2D eigenvalue weighted by Gasteiger charge is 2.24. The number of carbonyl (C=O) groups excluding carboxylic acids is 2. The molecule has 2 aromatic rings. The van der Waals surface area contributed by atoms with E-state index in [9.17, 15) is 14.4 Å². The predicted molar refractivity (Wildman–Crippen MR) is 137 cm³/mol. The Labute approximate surface area is 212 Å². The molecule has 1 saturated heterocycles. The lowest BCUT2D eigenvalue weighted by Crippen LogP contribution is -2.40. The number of aromatic nitrogens is 3. The van der Waals surface area contributed by atoms with Crippen LogP contribution >= 0.6 is 0 Å². The molecule has 2 aromatic heterocycles. The summed E-state index contributed by atoms with van der Waals surface area (Å²) < 4.78 is 9.29. The topological polar surface area (TPSA) is 107 Å². The molecule has 36 heavy (non-hydrogen) atoms. The summed E-state index contributed by atoms with van der Waals surface area (Å²) in [7, 11) is 1.86. The number of carbonyl (C=O) groups is 2. The highest BCUT2D eigenvalue weighted by Crippen LogP contribution is 2.18. The van der Waals surface area contributed by atoms with Crippen LogP contribution in [-0.2, 0) is 24.9 Å². The first kappa shape index (κ1) is 26.1. The minimum Gasteiger partial charge on any atom is -0.376 e. The first-order chi connectivity index (χ1) is 17.3. The Morgan fingerprint density at radius 1 is 1.00 bits per heavy atom. The molecular weight excluding hydrogens is 458 g/mol. The maximum Gasteiger partial charge on any atom is 0.257 e. The molecular formula is C27H39N5O4. The molecule has 1 atom stereocenters. The maximum atomic E-state index is 13.4. The van der Waals surface area contributed by atoms with Gasteiger partial charge in [0, 0.05) is 56.4 Å². The summed E-state index contributed by atoms with van der Waals surface area (Å²) in [6, 6.07) is 0.0535. The molecule has 3 heterocycles. The number of amides is 2. The Balaban J connectivity index is 1.57. The number of nitrogens with zero attached hydrogens (tertiary/aromatic N) is 3. The zero-order valence-corrected chi connectivity index (χ0v) is 21.8. The second-order valence-electron chi connectivity index (χ2n) is 10.2. The predicted octanol–water partition coefficient (Wildman–Crippen LogP) is 3.15. The summed E-state index contributed by atoms with van der Waals surface area (Å²) in [6.07, 6.45) is 12.6. The zero-order valence-electron chi connectivity index (χ0n) is 21.8. The zero-order chi connectivity index (χ0) is 25.7. The number of rotatable bonds is 7. The lowest BCUT2D eigenvalue weighted by Gasteiger charge is -2.21. The van der Waals surface area contributed by atoms with Crippen LogP contribution in [0.5, 0.6) is 0 Å². The van der Waals surface area contributed by atoms with E-state index in [1.165, 1.54) is 19.3 Å². The molecule has 2 aliphatic rings. The molecule has 2 amide bonds. The summed E-state index contributed by atoms with van der Waals surface area (Å²) in [5.41, 5.74) is 2.14. The van der Waals surface area contributed by atoms with Crippen LogP contribution in [0, 0.1) is 13.8 Å². The van der Waals surface area contributed by atoms with E-state index in [1.807, 2.05) is 20.9 Å². The van der Waals surface area contributed by atoms with Crippen molar-refractivity contribution in [2.75, 3.05) is 6.61 Å². The van der Waals surface area contributed by atoms with E-state index >= 15 is 0 Å². The number of aryl methyl sites for hydroxylation is 2. The molecule has 196 valence electrons. The van der Waals surface area contributed by atoms with Gasteiger partial charge < -0.3 is 19.9 Å². The summed E-state index contributed by atoms with van der Waals surface area (Å²) in [6.45, 7) is 5.29. The number of pyridine rings is 1. The van der Waals surface area contributed by atoms with E-state index in [2.05, 4.69) is 15.7 Å². The molecule has 4 rings (SSSR count). The Morgan fingerprint density at radius 2 is 1.67 bits per heavy atom. The third kappa shape index (κ3) is 6.24.